The van der Waals surface area contributed by atoms with Gasteiger partial charge in [-0.1, -0.05) is 18.2 Å². The van der Waals surface area contributed by atoms with E-state index in [9.17, 15) is 13.6 Å². The quantitative estimate of drug-likeness (QED) is 0.347. The fourth-order valence-corrected chi connectivity index (χ4v) is 5.62. The molecule has 4 aromatic rings. The van der Waals surface area contributed by atoms with Gasteiger partial charge in [0.1, 0.15) is 12.4 Å². The number of carbonyl (C=O) groups is 1. The number of hydrogen-bond donors (Lipinski definition) is 1. The van der Waals surface area contributed by atoms with Crippen molar-refractivity contribution in [3.8, 4) is 5.75 Å². The minimum absolute atomic E-state index is 0.0456. The van der Waals surface area contributed by atoms with E-state index in [1.54, 1.807) is 30.1 Å². The first-order valence-corrected chi connectivity index (χ1v) is 12.3. The SMILES string of the molecule is O=C(O)CCSC1c2cc(OCc3ccc4cc(F)c(F)cc4n3)ccc2CCc2ncccc21. The van der Waals surface area contributed by atoms with Crippen molar-refractivity contribution in [1.82, 2.24) is 9.97 Å². The second kappa shape index (κ2) is 10.00. The Morgan fingerprint density at radius 2 is 1.91 bits per heavy atom. The topological polar surface area (TPSA) is 72.3 Å². The third-order valence-electron chi connectivity index (χ3n) is 6.01. The van der Waals surface area contributed by atoms with Crippen LogP contribution in [0.1, 0.15) is 39.7 Å². The molecule has 0 spiro atoms. The highest BCUT2D eigenvalue weighted by atomic mass is 32.2. The normalized spacial score (nSPS) is 14.7. The molecule has 5 nitrogen and oxygen atoms in total. The minimum Gasteiger partial charge on any atom is -0.487 e. The van der Waals surface area contributed by atoms with Crippen LogP contribution in [0.25, 0.3) is 10.9 Å². The van der Waals surface area contributed by atoms with E-state index in [1.807, 2.05) is 24.3 Å². The molecule has 0 saturated heterocycles. The van der Waals surface area contributed by atoms with Crippen molar-refractivity contribution in [2.24, 2.45) is 0 Å². The van der Waals surface area contributed by atoms with E-state index in [-0.39, 0.29) is 18.3 Å². The Bertz CT molecular complexity index is 1410. The molecule has 8 heteroatoms. The van der Waals surface area contributed by atoms with Gasteiger partial charge in [-0.2, -0.15) is 0 Å². The molecule has 2 heterocycles. The molecule has 0 amide bonds. The van der Waals surface area contributed by atoms with E-state index in [0.717, 1.165) is 41.8 Å². The van der Waals surface area contributed by atoms with E-state index in [1.165, 1.54) is 5.56 Å². The molecular formula is C27H22F2N2O3S. The largest absolute Gasteiger partial charge is 0.487 e. The molecule has 0 saturated carbocycles. The molecule has 1 aliphatic carbocycles. The van der Waals surface area contributed by atoms with Crippen LogP contribution in [0, 0.1) is 11.6 Å². The molecular weight excluding hydrogens is 470 g/mol. The van der Waals surface area contributed by atoms with E-state index in [0.29, 0.717) is 28.1 Å². The van der Waals surface area contributed by atoms with Gasteiger partial charge in [-0.3, -0.25) is 9.78 Å². The molecule has 35 heavy (non-hydrogen) atoms. The highest BCUT2D eigenvalue weighted by Crippen LogP contribution is 2.42. The van der Waals surface area contributed by atoms with Crippen LogP contribution in [-0.2, 0) is 24.2 Å². The maximum atomic E-state index is 13.6. The molecule has 0 bridgehead atoms. The zero-order valence-electron chi connectivity index (χ0n) is 18.7. The summed E-state index contributed by atoms with van der Waals surface area (Å²) in [5, 5.41) is 9.59. The van der Waals surface area contributed by atoms with Crippen molar-refractivity contribution in [3.05, 3.63) is 101 Å². The number of pyridine rings is 2. The fourth-order valence-electron chi connectivity index (χ4n) is 4.29. The Hall–Kier alpha value is -3.52. The minimum atomic E-state index is -0.935. The molecule has 1 atom stereocenters. The summed E-state index contributed by atoms with van der Waals surface area (Å²) in [7, 11) is 0. The maximum Gasteiger partial charge on any atom is 0.304 e. The summed E-state index contributed by atoms with van der Waals surface area (Å²) < 4.78 is 33.1. The molecule has 2 aromatic heterocycles. The molecule has 1 aliphatic rings. The van der Waals surface area contributed by atoms with Gasteiger partial charge in [0.2, 0.25) is 0 Å². The van der Waals surface area contributed by atoms with Crippen molar-refractivity contribution in [2.45, 2.75) is 31.1 Å². The first kappa shape index (κ1) is 23.2. The van der Waals surface area contributed by atoms with Gasteiger partial charge in [0.15, 0.2) is 11.6 Å². The number of aliphatic carboxylic acids is 1. The number of benzene rings is 2. The summed E-state index contributed by atoms with van der Waals surface area (Å²) >= 11 is 1.60. The second-order valence-corrected chi connectivity index (χ2v) is 9.56. The first-order valence-electron chi connectivity index (χ1n) is 11.3. The predicted molar refractivity (Wildman–Crippen MR) is 131 cm³/mol. The second-order valence-electron chi connectivity index (χ2n) is 8.34. The smallest absolute Gasteiger partial charge is 0.304 e. The number of hydrogen-bond acceptors (Lipinski definition) is 5. The number of halogens is 2. The van der Waals surface area contributed by atoms with Gasteiger partial charge in [0, 0.05) is 29.1 Å². The molecule has 1 unspecified atom stereocenters. The standard InChI is InChI=1S/C27H22F2N2O3S/c28-22-12-17-3-6-18(31-25(17)14-23(22)29)15-34-19-7-4-16-5-8-24-20(2-1-10-30-24)27(21(16)13-19)35-11-9-26(32)33/h1-4,6-7,10,12-14,27H,5,8-9,11,15H2,(H,32,33). The van der Waals surface area contributed by atoms with Crippen molar-refractivity contribution in [2.75, 3.05) is 5.75 Å². The third kappa shape index (κ3) is 5.12. The number of carboxylic acids is 1. The number of aryl methyl sites for hydroxylation is 2. The highest BCUT2D eigenvalue weighted by Gasteiger charge is 2.25. The summed E-state index contributed by atoms with van der Waals surface area (Å²) in [5.74, 6) is -1.51. The number of thioether (sulfide) groups is 1. The van der Waals surface area contributed by atoms with Crippen LogP contribution in [0.4, 0.5) is 8.78 Å². The van der Waals surface area contributed by atoms with Gasteiger partial charge in [0.25, 0.3) is 0 Å². The zero-order valence-corrected chi connectivity index (χ0v) is 19.5. The summed E-state index contributed by atoms with van der Waals surface area (Å²) in [6, 6.07) is 15.6. The van der Waals surface area contributed by atoms with Crippen LogP contribution >= 0.6 is 11.8 Å². The average Bonchev–Trinajstić information content (AvgIpc) is 3.00. The maximum absolute atomic E-state index is 13.6. The summed E-state index contributed by atoms with van der Waals surface area (Å²) in [4.78, 5) is 20.1. The van der Waals surface area contributed by atoms with Gasteiger partial charge in [-0.25, -0.2) is 13.8 Å². The summed E-state index contributed by atoms with van der Waals surface area (Å²) in [6.45, 7) is 0.169. The van der Waals surface area contributed by atoms with Crippen LogP contribution in [0.5, 0.6) is 5.75 Å². The van der Waals surface area contributed by atoms with Gasteiger partial charge in [-0.05, 0) is 59.9 Å². The number of carboxylic acid groups (broad SMARTS) is 1. The Morgan fingerprint density at radius 3 is 2.77 bits per heavy atom. The summed E-state index contributed by atoms with van der Waals surface area (Å²) in [6.07, 6.45) is 3.53. The van der Waals surface area contributed by atoms with Crippen molar-refractivity contribution < 1.29 is 23.4 Å². The Kier molecular flexibility index (Phi) is 6.63. The lowest BCUT2D eigenvalue weighted by atomic mass is 10.0. The zero-order chi connectivity index (χ0) is 24.4. The monoisotopic (exact) mass is 492 g/mol. The van der Waals surface area contributed by atoms with E-state index >= 15 is 0 Å². The van der Waals surface area contributed by atoms with Crippen molar-refractivity contribution in [3.63, 3.8) is 0 Å². The first-order chi connectivity index (χ1) is 17.0. The lowest BCUT2D eigenvalue weighted by Gasteiger charge is -2.20. The number of fused-ring (bicyclic) bond motifs is 3. The van der Waals surface area contributed by atoms with Crippen molar-refractivity contribution >= 4 is 28.6 Å². The average molecular weight is 493 g/mol. The van der Waals surface area contributed by atoms with Gasteiger partial charge >= 0.3 is 5.97 Å². The molecule has 0 fully saturated rings. The van der Waals surface area contributed by atoms with Gasteiger partial charge in [-0.15, -0.1) is 11.8 Å². The van der Waals surface area contributed by atoms with Crippen LogP contribution in [0.3, 0.4) is 0 Å². The van der Waals surface area contributed by atoms with Crippen LogP contribution < -0.4 is 4.74 Å². The van der Waals surface area contributed by atoms with Crippen LogP contribution in [0.2, 0.25) is 0 Å². The predicted octanol–water partition coefficient (Wildman–Crippen LogP) is 5.88. The van der Waals surface area contributed by atoms with Crippen molar-refractivity contribution in [1.29, 1.82) is 0 Å². The van der Waals surface area contributed by atoms with Gasteiger partial charge < -0.3 is 9.84 Å². The Labute approximate surface area is 205 Å². The molecule has 0 aliphatic heterocycles. The lowest BCUT2D eigenvalue weighted by molar-refractivity contribution is -0.136. The number of nitrogens with zero attached hydrogens (tertiary/aromatic N) is 2. The Morgan fingerprint density at radius 1 is 1.06 bits per heavy atom. The van der Waals surface area contributed by atoms with E-state index in [4.69, 9.17) is 9.84 Å². The number of aromatic nitrogens is 2. The molecule has 2 aromatic carbocycles. The molecule has 178 valence electrons. The molecule has 0 radical (unpaired) electrons. The van der Waals surface area contributed by atoms with Gasteiger partial charge in [0.05, 0.1) is 22.9 Å². The number of ether oxygens (including phenoxy) is 1. The Balaban J connectivity index is 1.40. The van der Waals surface area contributed by atoms with Crippen LogP contribution in [-0.4, -0.2) is 26.8 Å². The van der Waals surface area contributed by atoms with Crippen LogP contribution in [0.15, 0.2) is 60.8 Å². The highest BCUT2D eigenvalue weighted by molar-refractivity contribution is 7.99. The van der Waals surface area contributed by atoms with E-state index in [2.05, 4.69) is 16.0 Å². The molecule has 1 N–H and O–H groups in total. The third-order valence-corrected chi connectivity index (χ3v) is 7.30. The molecule has 5 rings (SSSR count). The summed E-state index contributed by atoms with van der Waals surface area (Å²) in [5.41, 5.74) is 5.37. The van der Waals surface area contributed by atoms with E-state index < -0.39 is 17.6 Å². The number of rotatable bonds is 7. The lowest BCUT2D eigenvalue weighted by Crippen LogP contribution is -2.05. The fraction of sp³-hybridized carbons (Fsp3) is 0.222.